The predicted molar refractivity (Wildman–Crippen MR) is 115 cm³/mol. The minimum atomic E-state index is -0.323. The van der Waals surface area contributed by atoms with Crippen LogP contribution in [0.1, 0.15) is 5.56 Å². The zero-order valence-electron chi connectivity index (χ0n) is 16.2. The van der Waals surface area contributed by atoms with E-state index in [1.165, 1.54) is 0 Å². The van der Waals surface area contributed by atoms with Crippen LogP contribution in [-0.4, -0.2) is 47.2 Å². The van der Waals surface area contributed by atoms with Crippen molar-refractivity contribution in [2.75, 3.05) is 46.6 Å². The number of anilines is 4. The molecule has 0 aliphatic carbocycles. The number of rotatable bonds is 4. The zero-order valence-corrected chi connectivity index (χ0v) is 16.2. The minimum Gasteiger partial charge on any atom is -0.353 e. The number of aromatic nitrogens is 3. The molecule has 29 heavy (non-hydrogen) atoms. The van der Waals surface area contributed by atoms with Gasteiger partial charge < -0.3 is 20.4 Å². The smallest absolute Gasteiger partial charge is 0.323 e. The van der Waals surface area contributed by atoms with Crippen LogP contribution >= 0.6 is 0 Å². The summed E-state index contributed by atoms with van der Waals surface area (Å²) >= 11 is 0. The van der Waals surface area contributed by atoms with Crippen molar-refractivity contribution in [3.8, 4) is 0 Å². The van der Waals surface area contributed by atoms with Gasteiger partial charge in [-0.05, 0) is 36.8 Å². The first-order valence-electron chi connectivity index (χ1n) is 9.55. The van der Waals surface area contributed by atoms with Crippen molar-refractivity contribution in [3.63, 3.8) is 0 Å². The van der Waals surface area contributed by atoms with E-state index in [0.717, 1.165) is 43.2 Å². The van der Waals surface area contributed by atoms with Crippen molar-refractivity contribution < 1.29 is 4.79 Å². The number of hydrogen-bond acceptors (Lipinski definition) is 6. The van der Waals surface area contributed by atoms with E-state index in [9.17, 15) is 4.79 Å². The van der Waals surface area contributed by atoms with Crippen LogP contribution in [-0.2, 0) is 0 Å². The van der Waals surface area contributed by atoms with Crippen molar-refractivity contribution in [2.24, 2.45) is 0 Å². The largest absolute Gasteiger partial charge is 0.353 e. The van der Waals surface area contributed by atoms with Gasteiger partial charge >= 0.3 is 6.03 Å². The van der Waals surface area contributed by atoms with Crippen LogP contribution in [0.5, 0.6) is 0 Å². The summed E-state index contributed by atoms with van der Waals surface area (Å²) in [5, 5.41) is 5.56. The summed E-state index contributed by atoms with van der Waals surface area (Å²) in [4.78, 5) is 29.8. The van der Waals surface area contributed by atoms with Crippen LogP contribution in [0.25, 0.3) is 0 Å². The normalized spacial score (nSPS) is 13.8. The highest BCUT2D eigenvalue weighted by Crippen LogP contribution is 2.17. The molecule has 2 amide bonds. The summed E-state index contributed by atoms with van der Waals surface area (Å²) < 4.78 is 0. The van der Waals surface area contributed by atoms with Gasteiger partial charge in [-0.3, -0.25) is 0 Å². The van der Waals surface area contributed by atoms with Crippen molar-refractivity contribution in [2.45, 2.75) is 6.92 Å². The second-order valence-electron chi connectivity index (χ2n) is 6.88. The van der Waals surface area contributed by atoms with E-state index in [2.05, 4.69) is 35.4 Å². The van der Waals surface area contributed by atoms with Crippen LogP contribution in [0, 0.1) is 6.92 Å². The summed E-state index contributed by atoms with van der Waals surface area (Å²) in [6, 6.07) is 13.2. The van der Waals surface area contributed by atoms with Gasteiger partial charge in [-0.25, -0.2) is 19.7 Å². The molecular formula is C21H23N7O. The fourth-order valence-electron chi connectivity index (χ4n) is 3.24. The molecule has 0 unspecified atom stereocenters. The van der Waals surface area contributed by atoms with Crippen molar-refractivity contribution >= 4 is 29.2 Å². The number of urea groups is 1. The van der Waals surface area contributed by atoms with E-state index in [1.54, 1.807) is 12.4 Å². The van der Waals surface area contributed by atoms with E-state index >= 15 is 0 Å². The van der Waals surface area contributed by atoms with E-state index in [1.807, 2.05) is 55.6 Å². The summed E-state index contributed by atoms with van der Waals surface area (Å²) in [6.45, 7) is 5.33. The predicted octanol–water partition coefficient (Wildman–Crippen LogP) is 3.15. The molecule has 4 rings (SSSR count). The topological polar surface area (TPSA) is 86.3 Å². The summed E-state index contributed by atoms with van der Waals surface area (Å²) in [5.74, 6) is 1.66. The number of aryl methyl sites for hydroxylation is 1. The quantitative estimate of drug-likeness (QED) is 0.713. The lowest BCUT2D eigenvalue weighted by Gasteiger charge is -2.35. The molecule has 1 aliphatic heterocycles. The van der Waals surface area contributed by atoms with E-state index < -0.39 is 0 Å². The number of nitrogens with one attached hydrogen (secondary N) is 2. The van der Waals surface area contributed by atoms with Crippen LogP contribution in [0.3, 0.4) is 0 Å². The summed E-state index contributed by atoms with van der Waals surface area (Å²) in [7, 11) is 0. The maximum Gasteiger partial charge on any atom is 0.323 e. The lowest BCUT2D eigenvalue weighted by molar-refractivity contribution is 0.262. The fourth-order valence-corrected chi connectivity index (χ4v) is 3.24. The third kappa shape index (κ3) is 4.78. The SMILES string of the molecule is Cc1cccc(NC(=O)Nc2cnc(N3CCN(c4ccccn4)CC3)nc2)c1. The Morgan fingerprint density at radius 2 is 1.59 bits per heavy atom. The first kappa shape index (κ1) is 18.7. The van der Waals surface area contributed by atoms with Gasteiger partial charge in [0, 0.05) is 38.1 Å². The maximum atomic E-state index is 12.2. The van der Waals surface area contributed by atoms with Crippen LogP contribution in [0.15, 0.2) is 61.1 Å². The summed E-state index contributed by atoms with van der Waals surface area (Å²) in [6.07, 6.45) is 5.07. The molecule has 3 heterocycles. The van der Waals surface area contributed by atoms with Crippen molar-refractivity contribution in [3.05, 3.63) is 66.6 Å². The van der Waals surface area contributed by atoms with Crippen molar-refractivity contribution in [1.29, 1.82) is 0 Å². The molecule has 2 aromatic heterocycles. The molecule has 2 N–H and O–H groups in total. The third-order valence-corrected chi connectivity index (χ3v) is 4.71. The molecule has 8 nitrogen and oxygen atoms in total. The molecule has 1 aliphatic rings. The second kappa shape index (κ2) is 8.55. The van der Waals surface area contributed by atoms with Crippen molar-refractivity contribution in [1.82, 2.24) is 15.0 Å². The highest BCUT2D eigenvalue weighted by Gasteiger charge is 2.19. The lowest BCUT2D eigenvalue weighted by Crippen LogP contribution is -2.47. The first-order chi connectivity index (χ1) is 14.2. The average Bonchev–Trinajstić information content (AvgIpc) is 2.75. The maximum absolute atomic E-state index is 12.2. The number of piperazine rings is 1. The van der Waals surface area contributed by atoms with Gasteiger partial charge in [0.25, 0.3) is 0 Å². The molecule has 0 bridgehead atoms. The lowest BCUT2D eigenvalue weighted by atomic mass is 10.2. The number of amides is 2. The number of benzene rings is 1. The number of nitrogens with zero attached hydrogens (tertiary/aromatic N) is 5. The van der Waals surface area contributed by atoms with Crippen LogP contribution in [0.2, 0.25) is 0 Å². The Hall–Kier alpha value is -3.68. The second-order valence-corrected chi connectivity index (χ2v) is 6.88. The molecule has 1 saturated heterocycles. The Bertz CT molecular complexity index is 954. The Morgan fingerprint density at radius 3 is 2.28 bits per heavy atom. The molecule has 1 aromatic carbocycles. The molecular weight excluding hydrogens is 366 g/mol. The number of carbonyl (C=O) groups is 1. The third-order valence-electron chi connectivity index (χ3n) is 4.71. The zero-order chi connectivity index (χ0) is 20.1. The van der Waals surface area contributed by atoms with Gasteiger partial charge in [0.1, 0.15) is 5.82 Å². The van der Waals surface area contributed by atoms with Crippen LogP contribution in [0.4, 0.5) is 27.9 Å². The van der Waals surface area contributed by atoms with Crippen LogP contribution < -0.4 is 20.4 Å². The van der Waals surface area contributed by atoms with Gasteiger partial charge in [0.15, 0.2) is 0 Å². The van der Waals surface area contributed by atoms with E-state index in [0.29, 0.717) is 11.6 Å². The fraction of sp³-hybridized carbons (Fsp3) is 0.238. The molecule has 1 fully saturated rings. The Kier molecular flexibility index (Phi) is 5.51. The van der Waals surface area contributed by atoms with Gasteiger partial charge in [-0.1, -0.05) is 18.2 Å². The molecule has 0 saturated carbocycles. The van der Waals surface area contributed by atoms with Gasteiger partial charge in [-0.2, -0.15) is 0 Å². The van der Waals surface area contributed by atoms with Gasteiger partial charge in [0.05, 0.1) is 18.1 Å². The van der Waals surface area contributed by atoms with E-state index in [4.69, 9.17) is 0 Å². The Balaban J connectivity index is 1.31. The Morgan fingerprint density at radius 1 is 0.862 bits per heavy atom. The number of hydrogen-bond donors (Lipinski definition) is 2. The molecule has 0 radical (unpaired) electrons. The van der Waals surface area contributed by atoms with Gasteiger partial charge in [-0.15, -0.1) is 0 Å². The Labute approximate surface area is 169 Å². The highest BCUT2D eigenvalue weighted by molar-refractivity contribution is 5.99. The molecule has 3 aromatic rings. The first-order valence-corrected chi connectivity index (χ1v) is 9.55. The molecule has 0 spiro atoms. The highest BCUT2D eigenvalue weighted by atomic mass is 16.2. The monoisotopic (exact) mass is 389 g/mol. The van der Waals surface area contributed by atoms with E-state index in [-0.39, 0.29) is 6.03 Å². The number of carbonyl (C=O) groups excluding carboxylic acids is 1. The number of pyridine rings is 1. The molecule has 0 atom stereocenters. The molecule has 148 valence electrons. The minimum absolute atomic E-state index is 0.323. The summed E-state index contributed by atoms with van der Waals surface area (Å²) in [5.41, 5.74) is 2.37. The van der Waals surface area contributed by atoms with Gasteiger partial charge in [0.2, 0.25) is 5.95 Å². The standard InChI is InChI=1S/C21H23N7O/c1-16-5-4-6-17(13-16)25-21(29)26-18-14-23-20(24-15-18)28-11-9-27(10-12-28)19-7-2-3-8-22-19/h2-8,13-15H,9-12H2,1H3,(H2,25,26,29). The molecule has 8 heteroatoms. The average molecular weight is 389 g/mol.